The smallest absolute Gasteiger partial charge is 0.328 e. The van der Waals surface area contributed by atoms with E-state index in [4.69, 9.17) is 4.74 Å². The molecule has 0 N–H and O–H groups in total. The summed E-state index contributed by atoms with van der Waals surface area (Å²) in [6, 6.07) is 0. The Kier molecular flexibility index (Phi) is 4.87. The molecule has 1 aromatic carbocycles. The van der Waals surface area contributed by atoms with Crippen molar-refractivity contribution in [3.8, 4) is 0 Å². The average Bonchev–Trinajstić information content (AvgIpc) is 3.30. The molecule has 1 fully saturated rings. The molecular formula is C15H16F5NO4S. The summed E-state index contributed by atoms with van der Waals surface area (Å²) < 4.78 is 98.1. The van der Waals surface area contributed by atoms with Gasteiger partial charge in [0.15, 0.2) is 28.2 Å². The molecule has 2 rings (SSSR count). The first kappa shape index (κ1) is 20.6. The lowest BCUT2D eigenvalue weighted by molar-refractivity contribution is -0.160. The Balaban J connectivity index is 2.54. The van der Waals surface area contributed by atoms with Crippen molar-refractivity contribution in [2.45, 2.75) is 49.6 Å². The standard InChI is InChI=1S/C15H16F5NO4S/c1-14(2,3)25-13(22)15(5-6-15)21(4)26(23,24)12-10(19)8(17)7(16)9(18)11(12)20/h5-6H2,1-4H3. The summed E-state index contributed by atoms with van der Waals surface area (Å²) >= 11 is 0. The highest BCUT2D eigenvalue weighted by molar-refractivity contribution is 7.89. The van der Waals surface area contributed by atoms with E-state index in [1.54, 1.807) is 0 Å². The molecule has 0 unspecified atom stereocenters. The van der Waals surface area contributed by atoms with Gasteiger partial charge in [0, 0.05) is 7.05 Å². The van der Waals surface area contributed by atoms with Crippen molar-refractivity contribution in [3.63, 3.8) is 0 Å². The summed E-state index contributed by atoms with van der Waals surface area (Å²) in [7, 11) is -4.40. The molecule has 0 aromatic heterocycles. The van der Waals surface area contributed by atoms with Gasteiger partial charge in [-0.2, -0.15) is 4.31 Å². The van der Waals surface area contributed by atoms with Crippen LogP contribution < -0.4 is 0 Å². The van der Waals surface area contributed by atoms with Crippen LogP contribution in [0.2, 0.25) is 0 Å². The molecule has 0 heterocycles. The minimum absolute atomic E-state index is 0.0208. The van der Waals surface area contributed by atoms with Crippen LogP contribution in [0.5, 0.6) is 0 Å². The van der Waals surface area contributed by atoms with Gasteiger partial charge in [0.1, 0.15) is 11.1 Å². The largest absolute Gasteiger partial charge is 0.459 e. The second-order valence-electron chi connectivity index (χ2n) is 6.91. The summed E-state index contributed by atoms with van der Waals surface area (Å²) in [5.74, 6) is -13.2. The maximum atomic E-state index is 13.9. The summed E-state index contributed by atoms with van der Waals surface area (Å²) in [4.78, 5) is 10.3. The van der Waals surface area contributed by atoms with E-state index in [9.17, 15) is 35.2 Å². The third-order valence-corrected chi connectivity index (χ3v) is 5.84. The Labute approximate surface area is 146 Å². The van der Waals surface area contributed by atoms with E-state index in [0.717, 1.165) is 7.05 Å². The van der Waals surface area contributed by atoms with Gasteiger partial charge in [-0.05, 0) is 33.6 Å². The third kappa shape index (κ3) is 3.18. The highest BCUT2D eigenvalue weighted by Gasteiger charge is 2.60. The highest BCUT2D eigenvalue weighted by atomic mass is 32.2. The van der Waals surface area contributed by atoms with Crippen LogP contribution in [0.3, 0.4) is 0 Å². The molecule has 1 saturated carbocycles. The molecule has 0 radical (unpaired) electrons. The first-order valence-corrected chi connectivity index (χ1v) is 8.85. The van der Waals surface area contributed by atoms with Crippen molar-refractivity contribution >= 4 is 16.0 Å². The zero-order valence-corrected chi connectivity index (χ0v) is 15.1. The average molecular weight is 401 g/mol. The summed E-state index contributed by atoms with van der Waals surface area (Å²) in [5, 5.41) is 0. The van der Waals surface area contributed by atoms with Gasteiger partial charge >= 0.3 is 5.97 Å². The predicted molar refractivity (Wildman–Crippen MR) is 79.0 cm³/mol. The van der Waals surface area contributed by atoms with E-state index in [1.165, 1.54) is 20.8 Å². The van der Waals surface area contributed by atoms with Crippen molar-refractivity contribution in [3.05, 3.63) is 29.1 Å². The topological polar surface area (TPSA) is 63.7 Å². The Morgan fingerprint density at radius 3 is 1.69 bits per heavy atom. The van der Waals surface area contributed by atoms with Gasteiger partial charge in [-0.3, -0.25) is 0 Å². The van der Waals surface area contributed by atoms with E-state index in [2.05, 4.69) is 0 Å². The molecule has 0 atom stereocenters. The lowest BCUT2D eigenvalue weighted by atomic mass is 10.2. The van der Waals surface area contributed by atoms with E-state index in [-0.39, 0.29) is 12.8 Å². The van der Waals surface area contributed by atoms with Crippen LogP contribution >= 0.6 is 0 Å². The molecule has 0 bridgehead atoms. The predicted octanol–water partition coefficient (Wildman–Crippen LogP) is 2.88. The Morgan fingerprint density at radius 2 is 1.35 bits per heavy atom. The number of halogens is 5. The second-order valence-corrected chi connectivity index (χ2v) is 8.81. The first-order valence-electron chi connectivity index (χ1n) is 7.41. The van der Waals surface area contributed by atoms with Crippen LogP contribution in [0.15, 0.2) is 4.90 Å². The number of nitrogens with zero attached hydrogens (tertiary/aromatic N) is 1. The SMILES string of the molecule is CN(C1(C(=O)OC(C)(C)C)CC1)S(=O)(=O)c1c(F)c(F)c(F)c(F)c1F. The number of hydrogen-bond acceptors (Lipinski definition) is 4. The highest BCUT2D eigenvalue weighted by Crippen LogP contribution is 2.46. The van der Waals surface area contributed by atoms with Crippen LogP contribution in [0.1, 0.15) is 33.6 Å². The number of carbonyl (C=O) groups is 1. The van der Waals surface area contributed by atoms with Crippen molar-refractivity contribution in [2.24, 2.45) is 0 Å². The fraction of sp³-hybridized carbons (Fsp3) is 0.533. The van der Waals surface area contributed by atoms with Crippen LogP contribution in [-0.2, 0) is 19.6 Å². The van der Waals surface area contributed by atoms with Gasteiger partial charge in [-0.15, -0.1) is 0 Å². The third-order valence-electron chi connectivity index (χ3n) is 3.89. The Morgan fingerprint density at radius 1 is 0.962 bits per heavy atom. The van der Waals surface area contributed by atoms with Crippen molar-refractivity contribution in [1.82, 2.24) is 4.31 Å². The van der Waals surface area contributed by atoms with Crippen LogP contribution in [0.4, 0.5) is 22.0 Å². The quantitative estimate of drug-likeness (QED) is 0.337. The molecule has 0 amide bonds. The minimum Gasteiger partial charge on any atom is -0.459 e. The fourth-order valence-electron chi connectivity index (χ4n) is 2.32. The molecule has 0 saturated heterocycles. The molecule has 11 heteroatoms. The van der Waals surface area contributed by atoms with Gasteiger partial charge in [0.2, 0.25) is 15.8 Å². The number of sulfonamides is 1. The number of hydrogen-bond donors (Lipinski definition) is 0. The molecule has 0 aliphatic heterocycles. The first-order chi connectivity index (χ1) is 11.7. The lowest BCUT2D eigenvalue weighted by Gasteiger charge is -2.29. The van der Waals surface area contributed by atoms with E-state index < -0.39 is 61.1 Å². The normalized spacial score (nSPS) is 16.7. The molecule has 26 heavy (non-hydrogen) atoms. The van der Waals surface area contributed by atoms with Gasteiger partial charge in [0.05, 0.1) is 0 Å². The number of carbonyl (C=O) groups excluding carboxylic acids is 1. The Hall–Kier alpha value is -1.75. The number of rotatable bonds is 4. The van der Waals surface area contributed by atoms with Gasteiger partial charge in [-0.25, -0.2) is 35.2 Å². The summed E-state index contributed by atoms with van der Waals surface area (Å²) in [5.41, 5.74) is -2.73. The van der Waals surface area contributed by atoms with Crippen molar-refractivity contribution in [2.75, 3.05) is 7.05 Å². The Bertz CT molecular complexity index is 846. The minimum atomic E-state index is -5.22. The monoisotopic (exact) mass is 401 g/mol. The zero-order valence-electron chi connectivity index (χ0n) is 14.3. The van der Waals surface area contributed by atoms with Crippen LogP contribution in [-0.4, -0.2) is 36.9 Å². The number of benzene rings is 1. The van der Waals surface area contributed by atoms with E-state index >= 15 is 0 Å². The van der Waals surface area contributed by atoms with Gasteiger partial charge < -0.3 is 4.74 Å². The molecule has 1 aromatic rings. The van der Waals surface area contributed by atoms with Gasteiger partial charge in [0.25, 0.3) is 0 Å². The van der Waals surface area contributed by atoms with Crippen molar-refractivity contribution in [1.29, 1.82) is 0 Å². The second kappa shape index (κ2) is 6.15. The van der Waals surface area contributed by atoms with E-state index in [1.807, 2.05) is 0 Å². The van der Waals surface area contributed by atoms with Crippen LogP contribution in [0.25, 0.3) is 0 Å². The molecule has 1 aliphatic carbocycles. The fourth-order valence-corrected chi connectivity index (χ4v) is 3.94. The number of ether oxygens (including phenoxy) is 1. The van der Waals surface area contributed by atoms with Crippen molar-refractivity contribution < 1.29 is 39.9 Å². The maximum absolute atomic E-state index is 13.9. The van der Waals surface area contributed by atoms with E-state index in [0.29, 0.717) is 4.31 Å². The molecular weight excluding hydrogens is 385 g/mol. The molecule has 146 valence electrons. The number of esters is 1. The molecule has 0 spiro atoms. The van der Waals surface area contributed by atoms with Crippen LogP contribution in [0, 0.1) is 29.1 Å². The number of likely N-dealkylation sites (N-methyl/N-ethyl adjacent to an activating group) is 1. The van der Waals surface area contributed by atoms with Gasteiger partial charge in [-0.1, -0.05) is 0 Å². The lowest BCUT2D eigenvalue weighted by Crippen LogP contribution is -2.47. The molecule has 5 nitrogen and oxygen atoms in total. The molecule has 1 aliphatic rings. The summed E-state index contributed by atoms with van der Waals surface area (Å²) in [6.45, 7) is 4.58. The summed E-state index contributed by atoms with van der Waals surface area (Å²) in [6.07, 6.45) is -0.0416. The maximum Gasteiger partial charge on any atom is 0.328 e. The zero-order chi connectivity index (χ0) is 20.2.